The number of sulfonamides is 1. The van der Waals surface area contributed by atoms with Crippen LogP contribution in [0.2, 0.25) is 0 Å². The van der Waals surface area contributed by atoms with Crippen molar-refractivity contribution in [2.24, 2.45) is 10.9 Å². The van der Waals surface area contributed by atoms with Crippen molar-refractivity contribution in [3.63, 3.8) is 0 Å². The number of hydrogen-bond acceptors (Lipinski definition) is 6. The normalized spacial score (nSPS) is 15.4. The molecule has 0 radical (unpaired) electrons. The smallest absolute Gasteiger partial charge is 0.248 e. The number of amides is 1. The molecule has 0 atom stereocenters. The van der Waals surface area contributed by atoms with Crippen molar-refractivity contribution in [3.8, 4) is 0 Å². The number of hydrogen-bond donors (Lipinski definition) is 2. The van der Waals surface area contributed by atoms with Gasteiger partial charge < -0.3 is 15.1 Å². The van der Waals surface area contributed by atoms with Gasteiger partial charge in [0.1, 0.15) is 10.7 Å². The lowest BCUT2D eigenvalue weighted by molar-refractivity contribution is 0.0999. The number of furan rings is 1. The van der Waals surface area contributed by atoms with Gasteiger partial charge in [0, 0.05) is 23.9 Å². The molecule has 4 N–H and O–H groups in total. The zero-order valence-corrected chi connectivity index (χ0v) is 17.6. The van der Waals surface area contributed by atoms with Crippen molar-refractivity contribution in [1.82, 2.24) is 4.90 Å². The largest absolute Gasteiger partial charge is 0.466 e. The van der Waals surface area contributed by atoms with E-state index in [2.05, 4.69) is 4.90 Å². The third kappa shape index (κ3) is 5.51. The van der Waals surface area contributed by atoms with Crippen LogP contribution >= 0.6 is 11.8 Å². The number of primary amides is 1. The number of anilines is 1. The van der Waals surface area contributed by atoms with Crippen LogP contribution in [0.4, 0.5) is 5.69 Å². The fourth-order valence-corrected chi connectivity index (χ4v) is 4.44. The molecule has 0 bridgehead atoms. The van der Waals surface area contributed by atoms with Crippen molar-refractivity contribution in [1.29, 1.82) is 0 Å². The van der Waals surface area contributed by atoms with E-state index in [4.69, 9.17) is 27.1 Å². The Morgan fingerprint density at radius 2 is 1.93 bits per heavy atom. The molecule has 2 heterocycles. The first-order chi connectivity index (χ1) is 13.8. The van der Waals surface area contributed by atoms with Crippen molar-refractivity contribution >= 4 is 33.4 Å². The Kier molecular flexibility index (Phi) is 6.84. The molecule has 1 aliphatic rings. The molecule has 1 aromatic heterocycles. The van der Waals surface area contributed by atoms with Crippen LogP contribution in [0.25, 0.3) is 0 Å². The molecule has 1 aromatic carbocycles. The van der Waals surface area contributed by atoms with Gasteiger partial charge in [-0.3, -0.25) is 9.21 Å². The molecule has 8 nitrogen and oxygen atoms in total. The minimum Gasteiger partial charge on any atom is -0.466 e. The zero-order chi connectivity index (χ0) is 21.0. The van der Waals surface area contributed by atoms with Gasteiger partial charge >= 0.3 is 0 Å². The summed E-state index contributed by atoms with van der Waals surface area (Å²) in [7, 11) is -3.91. The van der Waals surface area contributed by atoms with Crippen LogP contribution < -0.4 is 15.3 Å². The Balaban J connectivity index is 1.78. The number of rotatable bonds is 8. The van der Waals surface area contributed by atoms with E-state index in [1.807, 2.05) is 0 Å². The molecule has 1 saturated heterocycles. The lowest BCUT2D eigenvalue weighted by Gasteiger charge is -2.26. The molecular weight excluding hydrogens is 416 g/mol. The lowest BCUT2D eigenvalue weighted by Crippen LogP contribution is -2.32. The number of nitrogens with two attached hydrogens (primary N) is 2. The monoisotopic (exact) mass is 440 g/mol. The number of nitrogens with zero attached hydrogens (tertiary/aromatic N) is 2. The number of primary sulfonamides is 1. The standard InChI is InChI=1S/C19H25ClN4O4S/c20-24(13-17-18(7-11-28-17)29(22,26)27)15-4-5-16(19(21)25)14(12-15)6-10-23-8-2-1-3-9-23/h4-5,7,11-12H,1-3,6,8-10,13H2,(H2,21,25)(H2,22,26,27). The Hall–Kier alpha value is -2.07. The van der Waals surface area contributed by atoms with E-state index in [0.29, 0.717) is 17.7 Å². The molecule has 3 rings (SSSR count). The maximum Gasteiger partial charge on any atom is 0.248 e. The molecule has 10 heteroatoms. The highest BCUT2D eigenvalue weighted by atomic mass is 35.5. The van der Waals surface area contributed by atoms with E-state index in [9.17, 15) is 13.2 Å². The van der Waals surface area contributed by atoms with Gasteiger partial charge in [0.05, 0.1) is 18.5 Å². The third-order valence-electron chi connectivity index (χ3n) is 5.07. The summed E-state index contributed by atoms with van der Waals surface area (Å²) in [4.78, 5) is 14.1. The molecule has 29 heavy (non-hydrogen) atoms. The van der Waals surface area contributed by atoms with Gasteiger partial charge in [-0.2, -0.15) is 0 Å². The second-order valence-electron chi connectivity index (χ2n) is 7.13. The first kappa shape index (κ1) is 21.6. The minimum absolute atomic E-state index is 0.0121. The van der Waals surface area contributed by atoms with Gasteiger partial charge in [-0.15, -0.1) is 0 Å². The Labute approximate surface area is 175 Å². The molecule has 1 amide bonds. The highest BCUT2D eigenvalue weighted by molar-refractivity contribution is 7.89. The number of carbonyl (C=O) groups excluding carboxylic acids is 1. The predicted molar refractivity (Wildman–Crippen MR) is 111 cm³/mol. The van der Waals surface area contributed by atoms with E-state index < -0.39 is 15.9 Å². The van der Waals surface area contributed by atoms with Gasteiger partial charge in [0.25, 0.3) is 0 Å². The van der Waals surface area contributed by atoms with Crippen molar-refractivity contribution in [3.05, 3.63) is 47.4 Å². The highest BCUT2D eigenvalue weighted by Crippen LogP contribution is 2.26. The second kappa shape index (κ2) is 9.17. The van der Waals surface area contributed by atoms with Crippen LogP contribution in [0.15, 0.2) is 39.8 Å². The summed E-state index contributed by atoms with van der Waals surface area (Å²) in [6.45, 7) is 2.94. The second-order valence-corrected chi connectivity index (χ2v) is 9.07. The summed E-state index contributed by atoms with van der Waals surface area (Å²) in [5.74, 6) is -0.356. The SMILES string of the molecule is NC(=O)c1ccc(N(Cl)Cc2occc2S(N)(=O)=O)cc1CCN1CCCCC1. The number of carbonyl (C=O) groups is 1. The van der Waals surface area contributed by atoms with Crippen LogP contribution in [0.5, 0.6) is 0 Å². The van der Waals surface area contributed by atoms with E-state index in [0.717, 1.165) is 25.2 Å². The van der Waals surface area contributed by atoms with Crippen LogP contribution in [-0.2, 0) is 23.0 Å². The van der Waals surface area contributed by atoms with Crippen molar-refractivity contribution in [2.75, 3.05) is 24.1 Å². The minimum atomic E-state index is -3.91. The first-order valence-electron chi connectivity index (χ1n) is 9.43. The first-order valence-corrected chi connectivity index (χ1v) is 11.3. The molecule has 1 fully saturated rings. The summed E-state index contributed by atoms with van der Waals surface area (Å²) < 4.78 is 29.8. The molecule has 0 aliphatic carbocycles. The number of benzene rings is 1. The average molecular weight is 441 g/mol. The van der Waals surface area contributed by atoms with Gasteiger partial charge in [0.15, 0.2) is 0 Å². The molecular formula is C19H25ClN4O4S. The number of piperidine rings is 1. The van der Waals surface area contributed by atoms with E-state index in [-0.39, 0.29) is 17.2 Å². The Morgan fingerprint density at radius 1 is 1.21 bits per heavy atom. The van der Waals surface area contributed by atoms with E-state index >= 15 is 0 Å². The van der Waals surface area contributed by atoms with Gasteiger partial charge in [0.2, 0.25) is 15.9 Å². The summed E-state index contributed by atoms with van der Waals surface area (Å²) in [5, 5.41) is 5.20. The molecule has 0 saturated carbocycles. The van der Waals surface area contributed by atoms with E-state index in [1.165, 1.54) is 36.0 Å². The van der Waals surface area contributed by atoms with Gasteiger partial charge in [-0.1, -0.05) is 6.42 Å². The lowest BCUT2D eigenvalue weighted by atomic mass is 10.0. The Morgan fingerprint density at radius 3 is 2.59 bits per heavy atom. The molecule has 0 unspecified atom stereocenters. The van der Waals surface area contributed by atoms with Crippen LogP contribution in [0.1, 0.15) is 40.9 Å². The van der Waals surface area contributed by atoms with Crippen molar-refractivity contribution in [2.45, 2.75) is 37.1 Å². The van der Waals surface area contributed by atoms with Crippen LogP contribution in [0, 0.1) is 0 Å². The number of likely N-dealkylation sites (tertiary alicyclic amines) is 1. The molecule has 2 aromatic rings. The highest BCUT2D eigenvalue weighted by Gasteiger charge is 2.20. The van der Waals surface area contributed by atoms with Gasteiger partial charge in [-0.25, -0.2) is 13.6 Å². The Bertz CT molecular complexity index is 970. The fourth-order valence-electron chi connectivity index (χ4n) is 3.55. The molecule has 1 aliphatic heterocycles. The zero-order valence-electron chi connectivity index (χ0n) is 16.0. The summed E-state index contributed by atoms with van der Waals surface area (Å²) in [5.41, 5.74) is 7.39. The van der Waals surface area contributed by atoms with Crippen LogP contribution in [-0.4, -0.2) is 38.9 Å². The maximum atomic E-state index is 11.8. The fraction of sp³-hybridized carbons (Fsp3) is 0.421. The average Bonchev–Trinajstić information content (AvgIpc) is 3.15. The summed E-state index contributed by atoms with van der Waals surface area (Å²) >= 11 is 6.38. The topological polar surface area (TPSA) is 123 Å². The van der Waals surface area contributed by atoms with E-state index in [1.54, 1.807) is 18.2 Å². The third-order valence-corrected chi connectivity index (χ3v) is 6.37. The molecule has 158 valence electrons. The number of halogens is 1. The summed E-state index contributed by atoms with van der Waals surface area (Å²) in [6, 6.07) is 6.39. The van der Waals surface area contributed by atoms with Gasteiger partial charge in [-0.05, 0) is 62.2 Å². The van der Waals surface area contributed by atoms with Crippen molar-refractivity contribution < 1.29 is 17.6 Å². The van der Waals surface area contributed by atoms with Crippen LogP contribution in [0.3, 0.4) is 0 Å². The predicted octanol–water partition coefficient (Wildman–Crippen LogP) is 2.21. The maximum absolute atomic E-state index is 11.8. The molecule has 0 spiro atoms. The summed E-state index contributed by atoms with van der Waals surface area (Å²) in [6.07, 6.45) is 5.55. The quantitative estimate of drug-likeness (QED) is 0.606.